The number of ketones is 1. The highest BCUT2D eigenvalue weighted by Crippen LogP contribution is 2.46. The van der Waals surface area contributed by atoms with Crippen molar-refractivity contribution < 1.29 is 24.2 Å². The number of phenols is 1. The maximum atomic E-state index is 12.7. The van der Waals surface area contributed by atoms with Crippen LogP contribution in [0.1, 0.15) is 37.7 Å². The molecular formula is C19H20BrNO5. The summed E-state index contributed by atoms with van der Waals surface area (Å²) in [7, 11) is 2.78. The number of aliphatic imine (C=N–C) groups is 1. The molecule has 1 aliphatic heterocycles. The number of esters is 1. The average Bonchev–Trinajstić information content (AvgIpc) is 2.62. The number of nitrogens with zero attached hydrogens (tertiary/aromatic N) is 1. The number of rotatable bonds is 3. The zero-order valence-corrected chi connectivity index (χ0v) is 16.4. The van der Waals surface area contributed by atoms with Gasteiger partial charge in [0.15, 0.2) is 17.3 Å². The fourth-order valence-corrected chi connectivity index (χ4v) is 4.19. The predicted molar refractivity (Wildman–Crippen MR) is 99.6 cm³/mol. The zero-order valence-electron chi connectivity index (χ0n) is 14.8. The minimum absolute atomic E-state index is 0.00423. The summed E-state index contributed by atoms with van der Waals surface area (Å²) in [6.07, 6.45) is 1.90. The maximum Gasteiger partial charge on any atom is 0.315 e. The van der Waals surface area contributed by atoms with Crippen LogP contribution in [0.5, 0.6) is 11.5 Å². The van der Waals surface area contributed by atoms with Crippen LogP contribution in [-0.4, -0.2) is 36.8 Å². The van der Waals surface area contributed by atoms with E-state index in [2.05, 4.69) is 20.9 Å². The molecular weight excluding hydrogens is 402 g/mol. The highest BCUT2D eigenvalue weighted by atomic mass is 79.9. The molecule has 0 aromatic heterocycles. The monoisotopic (exact) mass is 421 g/mol. The Morgan fingerprint density at radius 2 is 2.04 bits per heavy atom. The molecule has 0 amide bonds. The zero-order chi connectivity index (χ0) is 19.0. The molecule has 3 rings (SSSR count). The Hall–Kier alpha value is -2.15. The second-order valence-electron chi connectivity index (χ2n) is 6.42. The van der Waals surface area contributed by atoms with E-state index in [9.17, 15) is 14.7 Å². The van der Waals surface area contributed by atoms with E-state index >= 15 is 0 Å². The lowest BCUT2D eigenvalue weighted by Crippen LogP contribution is -2.36. The Kier molecular flexibility index (Phi) is 5.18. The summed E-state index contributed by atoms with van der Waals surface area (Å²) in [4.78, 5) is 29.8. The number of allylic oxidation sites excluding steroid dienone is 2. The van der Waals surface area contributed by atoms with Crippen molar-refractivity contribution in [1.29, 1.82) is 0 Å². The van der Waals surface area contributed by atoms with Gasteiger partial charge in [-0.25, -0.2) is 0 Å². The number of ether oxygens (including phenoxy) is 2. The van der Waals surface area contributed by atoms with Crippen molar-refractivity contribution in [1.82, 2.24) is 0 Å². The van der Waals surface area contributed by atoms with Crippen LogP contribution in [0.15, 0.2) is 32.9 Å². The summed E-state index contributed by atoms with van der Waals surface area (Å²) in [6.45, 7) is 1.78. The third-order valence-electron chi connectivity index (χ3n) is 4.92. The second-order valence-corrected chi connectivity index (χ2v) is 7.28. The van der Waals surface area contributed by atoms with Gasteiger partial charge in [0.25, 0.3) is 0 Å². The van der Waals surface area contributed by atoms with Gasteiger partial charge in [0.05, 0.1) is 18.7 Å². The van der Waals surface area contributed by atoms with Crippen LogP contribution >= 0.6 is 15.9 Å². The standard InChI is InChI=1S/C19H20BrNO5/c1-9-15(19(24)26-3)16(17-12(21-9)5-4-6-13(17)22)10-7-11(20)18(23)14(8-10)25-2/h7-8,15-16,23H,4-6H2,1-3H3/t15?,16-/m0/s1. The van der Waals surface area contributed by atoms with Gasteiger partial charge in [0, 0.05) is 29.3 Å². The first-order valence-electron chi connectivity index (χ1n) is 8.34. The molecule has 26 heavy (non-hydrogen) atoms. The fraction of sp³-hybridized carbons (Fsp3) is 0.421. The lowest BCUT2D eigenvalue weighted by molar-refractivity contribution is -0.143. The number of carbonyl (C=O) groups excluding carboxylic acids is 2. The highest BCUT2D eigenvalue weighted by Gasteiger charge is 2.43. The highest BCUT2D eigenvalue weighted by molar-refractivity contribution is 9.10. The minimum Gasteiger partial charge on any atom is -0.503 e. The SMILES string of the molecule is COC(=O)C1C(C)=NC2=C(C(=O)CCC2)[C@H]1c1cc(Br)c(O)c(OC)c1. The molecule has 2 atom stereocenters. The Balaban J connectivity index is 2.24. The molecule has 1 heterocycles. The van der Waals surface area contributed by atoms with E-state index in [0.717, 1.165) is 12.1 Å². The van der Waals surface area contributed by atoms with Crippen LogP contribution in [-0.2, 0) is 14.3 Å². The molecule has 1 unspecified atom stereocenters. The van der Waals surface area contributed by atoms with E-state index in [1.165, 1.54) is 14.2 Å². The van der Waals surface area contributed by atoms with Crippen molar-refractivity contribution in [3.8, 4) is 11.5 Å². The average molecular weight is 422 g/mol. The lowest BCUT2D eigenvalue weighted by atomic mass is 9.71. The van der Waals surface area contributed by atoms with Gasteiger partial charge in [0.1, 0.15) is 5.92 Å². The quantitative estimate of drug-likeness (QED) is 0.754. The van der Waals surface area contributed by atoms with Gasteiger partial charge in [-0.15, -0.1) is 0 Å². The molecule has 1 aromatic rings. The maximum absolute atomic E-state index is 12.7. The van der Waals surface area contributed by atoms with Crippen molar-refractivity contribution in [3.05, 3.63) is 33.4 Å². The molecule has 0 bridgehead atoms. The number of Topliss-reactive ketones (excluding diaryl/α,β-unsaturated/α-hetero) is 1. The van der Waals surface area contributed by atoms with E-state index < -0.39 is 17.8 Å². The van der Waals surface area contributed by atoms with Gasteiger partial charge in [0.2, 0.25) is 0 Å². The first kappa shape index (κ1) is 18.6. The Morgan fingerprint density at radius 1 is 1.31 bits per heavy atom. The Labute approximate surface area is 160 Å². The molecule has 0 fully saturated rings. The largest absolute Gasteiger partial charge is 0.503 e. The summed E-state index contributed by atoms with van der Waals surface area (Å²) in [5.74, 6) is -1.41. The van der Waals surface area contributed by atoms with Gasteiger partial charge in [-0.1, -0.05) is 0 Å². The van der Waals surface area contributed by atoms with Crippen LogP contribution < -0.4 is 4.74 Å². The van der Waals surface area contributed by atoms with Crippen molar-refractivity contribution in [2.75, 3.05) is 14.2 Å². The Morgan fingerprint density at radius 3 is 2.69 bits per heavy atom. The molecule has 138 valence electrons. The van der Waals surface area contributed by atoms with Gasteiger partial charge >= 0.3 is 5.97 Å². The second kappa shape index (κ2) is 7.23. The Bertz CT molecular complexity index is 843. The first-order chi connectivity index (χ1) is 12.4. The molecule has 6 nitrogen and oxygen atoms in total. The number of hydrogen-bond acceptors (Lipinski definition) is 6. The number of methoxy groups -OCH3 is 2. The summed E-state index contributed by atoms with van der Waals surface area (Å²) in [5.41, 5.74) is 2.63. The van der Waals surface area contributed by atoms with E-state index in [-0.39, 0.29) is 17.3 Å². The van der Waals surface area contributed by atoms with E-state index in [4.69, 9.17) is 9.47 Å². The molecule has 0 radical (unpaired) electrons. The molecule has 0 saturated heterocycles. The van der Waals surface area contributed by atoms with Crippen molar-refractivity contribution in [2.45, 2.75) is 32.1 Å². The van der Waals surface area contributed by atoms with E-state index in [1.54, 1.807) is 19.1 Å². The van der Waals surface area contributed by atoms with Crippen LogP contribution in [0, 0.1) is 5.92 Å². The van der Waals surface area contributed by atoms with Gasteiger partial charge in [-0.3, -0.25) is 14.6 Å². The summed E-state index contributed by atoms with van der Waals surface area (Å²) in [6, 6.07) is 3.37. The van der Waals surface area contributed by atoms with Crippen LogP contribution in [0.3, 0.4) is 0 Å². The molecule has 1 aromatic carbocycles. The molecule has 0 spiro atoms. The number of aromatic hydroxyl groups is 1. The number of hydrogen-bond donors (Lipinski definition) is 1. The molecule has 1 N–H and O–H groups in total. The van der Waals surface area contributed by atoms with Crippen LogP contribution in [0.25, 0.3) is 0 Å². The van der Waals surface area contributed by atoms with Crippen molar-refractivity contribution in [3.63, 3.8) is 0 Å². The van der Waals surface area contributed by atoms with Crippen molar-refractivity contribution >= 4 is 33.4 Å². The summed E-state index contributed by atoms with van der Waals surface area (Å²) < 4.78 is 10.7. The predicted octanol–water partition coefficient (Wildman–Crippen LogP) is 3.52. The lowest BCUT2D eigenvalue weighted by Gasteiger charge is -2.34. The van der Waals surface area contributed by atoms with E-state index in [1.807, 2.05) is 0 Å². The van der Waals surface area contributed by atoms with Crippen LogP contribution in [0.2, 0.25) is 0 Å². The summed E-state index contributed by atoms with van der Waals surface area (Å²) in [5, 5.41) is 10.1. The molecule has 0 saturated carbocycles. The first-order valence-corrected chi connectivity index (χ1v) is 9.14. The number of benzene rings is 1. The molecule has 7 heteroatoms. The van der Waals surface area contributed by atoms with E-state index in [0.29, 0.717) is 34.2 Å². The molecule has 2 aliphatic rings. The van der Waals surface area contributed by atoms with Gasteiger partial charge < -0.3 is 14.6 Å². The normalized spacial score (nSPS) is 22.6. The number of halogens is 1. The number of carbonyl (C=O) groups is 2. The number of phenolic OH excluding ortho intramolecular Hbond substituents is 1. The van der Waals surface area contributed by atoms with Crippen LogP contribution in [0.4, 0.5) is 0 Å². The smallest absolute Gasteiger partial charge is 0.315 e. The van der Waals surface area contributed by atoms with Gasteiger partial charge in [-0.05, 0) is 53.4 Å². The summed E-state index contributed by atoms with van der Waals surface area (Å²) >= 11 is 3.32. The fourth-order valence-electron chi connectivity index (χ4n) is 3.73. The van der Waals surface area contributed by atoms with Gasteiger partial charge in [-0.2, -0.15) is 0 Å². The third kappa shape index (κ3) is 3.05. The van der Waals surface area contributed by atoms with Crippen molar-refractivity contribution in [2.24, 2.45) is 10.9 Å². The third-order valence-corrected chi connectivity index (χ3v) is 5.52. The molecule has 1 aliphatic carbocycles. The topological polar surface area (TPSA) is 85.2 Å². The minimum atomic E-state index is -0.693.